The minimum absolute atomic E-state index is 0.118. The molecule has 0 heterocycles. The van der Waals surface area contributed by atoms with E-state index in [-0.39, 0.29) is 5.91 Å². The molecule has 0 aliphatic carbocycles. The van der Waals surface area contributed by atoms with Crippen LogP contribution < -0.4 is 5.32 Å². The molecule has 0 unspecified atom stereocenters. The molecule has 3 heteroatoms. The van der Waals surface area contributed by atoms with Crippen LogP contribution in [0.1, 0.15) is 11.1 Å². The van der Waals surface area contributed by atoms with E-state index in [2.05, 4.69) is 27.9 Å². The van der Waals surface area contributed by atoms with Crippen LogP contribution in [0.15, 0.2) is 54.6 Å². The summed E-state index contributed by atoms with van der Waals surface area (Å²) in [7, 11) is 0. The topological polar surface area (TPSA) is 29.1 Å². The van der Waals surface area contributed by atoms with Gasteiger partial charge in [-0.25, -0.2) is 0 Å². The van der Waals surface area contributed by atoms with E-state index in [1.807, 2.05) is 61.5 Å². The van der Waals surface area contributed by atoms with Crippen LogP contribution in [0.25, 0.3) is 6.08 Å². The molecular formula is C16H14INO. The summed E-state index contributed by atoms with van der Waals surface area (Å²) in [4.78, 5) is 11.8. The van der Waals surface area contributed by atoms with Gasteiger partial charge in [0.25, 0.3) is 0 Å². The molecule has 0 radical (unpaired) electrons. The third-order valence-electron chi connectivity index (χ3n) is 2.73. The molecular weight excluding hydrogens is 349 g/mol. The molecule has 2 aromatic carbocycles. The Hall–Kier alpha value is -1.62. The predicted octanol–water partition coefficient (Wildman–Crippen LogP) is 4.25. The van der Waals surface area contributed by atoms with Gasteiger partial charge in [-0.1, -0.05) is 36.4 Å². The SMILES string of the molecule is Cc1ccccc1/C=C/C(=O)Nc1ccccc1I. The molecule has 1 amide bonds. The number of nitrogens with one attached hydrogen (secondary N) is 1. The normalized spacial score (nSPS) is 10.6. The highest BCUT2D eigenvalue weighted by Gasteiger charge is 2.01. The van der Waals surface area contributed by atoms with Crippen LogP contribution in [0.5, 0.6) is 0 Å². The molecule has 96 valence electrons. The lowest BCUT2D eigenvalue weighted by Gasteiger charge is -2.04. The number of rotatable bonds is 3. The fourth-order valence-corrected chi connectivity index (χ4v) is 2.20. The van der Waals surface area contributed by atoms with E-state index in [1.54, 1.807) is 6.08 Å². The Morgan fingerprint density at radius 3 is 2.53 bits per heavy atom. The van der Waals surface area contributed by atoms with Gasteiger partial charge in [0, 0.05) is 9.65 Å². The summed E-state index contributed by atoms with van der Waals surface area (Å²) < 4.78 is 1.03. The Kier molecular flexibility index (Phi) is 4.74. The summed E-state index contributed by atoms with van der Waals surface area (Å²) in [5.74, 6) is -0.118. The zero-order valence-corrected chi connectivity index (χ0v) is 12.7. The van der Waals surface area contributed by atoms with Crippen molar-refractivity contribution in [2.45, 2.75) is 6.92 Å². The number of halogens is 1. The molecule has 2 aromatic rings. The smallest absolute Gasteiger partial charge is 0.248 e. The molecule has 0 saturated heterocycles. The van der Waals surface area contributed by atoms with Crippen molar-refractivity contribution in [3.05, 3.63) is 69.3 Å². The summed E-state index contributed by atoms with van der Waals surface area (Å²) in [5, 5.41) is 2.87. The second kappa shape index (κ2) is 6.52. The lowest BCUT2D eigenvalue weighted by Crippen LogP contribution is -2.08. The number of hydrogen-bond acceptors (Lipinski definition) is 1. The summed E-state index contributed by atoms with van der Waals surface area (Å²) in [6.45, 7) is 2.03. The number of anilines is 1. The third-order valence-corrected chi connectivity index (χ3v) is 3.68. The first-order chi connectivity index (χ1) is 9.16. The average Bonchev–Trinajstić information content (AvgIpc) is 2.40. The molecule has 0 bridgehead atoms. The van der Waals surface area contributed by atoms with E-state index < -0.39 is 0 Å². The first-order valence-electron chi connectivity index (χ1n) is 5.96. The van der Waals surface area contributed by atoms with Crippen LogP contribution in [0.3, 0.4) is 0 Å². The maximum absolute atomic E-state index is 11.8. The molecule has 0 spiro atoms. The van der Waals surface area contributed by atoms with E-state index in [4.69, 9.17) is 0 Å². The van der Waals surface area contributed by atoms with Gasteiger partial charge in [-0.3, -0.25) is 4.79 Å². The Balaban J connectivity index is 2.06. The van der Waals surface area contributed by atoms with E-state index in [0.29, 0.717) is 0 Å². The van der Waals surface area contributed by atoms with Gasteiger partial charge < -0.3 is 5.32 Å². The summed E-state index contributed by atoms with van der Waals surface area (Å²) in [6, 6.07) is 15.7. The largest absolute Gasteiger partial charge is 0.322 e. The lowest BCUT2D eigenvalue weighted by atomic mass is 10.1. The molecule has 0 atom stereocenters. The number of aryl methyl sites for hydroxylation is 1. The maximum atomic E-state index is 11.8. The highest BCUT2D eigenvalue weighted by molar-refractivity contribution is 14.1. The predicted molar refractivity (Wildman–Crippen MR) is 88.0 cm³/mol. The monoisotopic (exact) mass is 363 g/mol. The number of hydrogen-bond donors (Lipinski definition) is 1. The zero-order chi connectivity index (χ0) is 13.7. The molecule has 0 aliphatic heterocycles. The average molecular weight is 363 g/mol. The van der Waals surface area contributed by atoms with Crippen molar-refractivity contribution in [1.29, 1.82) is 0 Å². The molecule has 2 nitrogen and oxygen atoms in total. The van der Waals surface area contributed by atoms with Gasteiger partial charge in [-0.2, -0.15) is 0 Å². The fourth-order valence-electron chi connectivity index (χ4n) is 1.68. The quantitative estimate of drug-likeness (QED) is 0.641. The van der Waals surface area contributed by atoms with Gasteiger partial charge in [-0.05, 0) is 58.9 Å². The van der Waals surface area contributed by atoms with Crippen molar-refractivity contribution in [1.82, 2.24) is 0 Å². The minimum Gasteiger partial charge on any atom is -0.322 e. The number of carbonyl (C=O) groups is 1. The van der Waals surface area contributed by atoms with Crippen molar-refractivity contribution in [2.75, 3.05) is 5.32 Å². The second-order valence-corrected chi connectivity index (χ2v) is 5.32. The zero-order valence-electron chi connectivity index (χ0n) is 10.6. The highest BCUT2D eigenvalue weighted by Crippen LogP contribution is 2.17. The minimum atomic E-state index is -0.118. The van der Waals surface area contributed by atoms with Crippen LogP contribution in [-0.2, 0) is 4.79 Å². The van der Waals surface area contributed by atoms with Gasteiger partial charge in [0.1, 0.15) is 0 Å². The van der Waals surface area contributed by atoms with E-state index in [0.717, 1.165) is 20.4 Å². The molecule has 0 saturated carbocycles. The molecule has 2 rings (SSSR count). The Morgan fingerprint density at radius 1 is 1.11 bits per heavy atom. The number of amides is 1. The van der Waals surface area contributed by atoms with Crippen molar-refractivity contribution >= 4 is 40.3 Å². The summed E-state index contributed by atoms with van der Waals surface area (Å²) in [5.41, 5.74) is 3.05. The van der Waals surface area contributed by atoms with Crippen LogP contribution in [0.4, 0.5) is 5.69 Å². The second-order valence-electron chi connectivity index (χ2n) is 4.16. The first-order valence-corrected chi connectivity index (χ1v) is 7.04. The van der Waals surface area contributed by atoms with Gasteiger partial charge in [0.05, 0.1) is 5.69 Å². The Bertz CT molecular complexity index is 620. The van der Waals surface area contributed by atoms with Gasteiger partial charge >= 0.3 is 0 Å². The summed E-state index contributed by atoms with van der Waals surface area (Å²) in [6.07, 6.45) is 3.39. The molecule has 0 aromatic heterocycles. The molecule has 19 heavy (non-hydrogen) atoms. The molecule has 0 aliphatic rings. The first kappa shape index (κ1) is 13.8. The van der Waals surface area contributed by atoms with Gasteiger partial charge in [-0.15, -0.1) is 0 Å². The van der Waals surface area contributed by atoms with Crippen LogP contribution >= 0.6 is 22.6 Å². The van der Waals surface area contributed by atoms with Crippen molar-refractivity contribution in [2.24, 2.45) is 0 Å². The van der Waals surface area contributed by atoms with E-state index in [9.17, 15) is 4.79 Å². The van der Waals surface area contributed by atoms with Crippen molar-refractivity contribution in [3.8, 4) is 0 Å². The lowest BCUT2D eigenvalue weighted by molar-refractivity contribution is -0.111. The fraction of sp³-hybridized carbons (Fsp3) is 0.0625. The van der Waals surface area contributed by atoms with E-state index >= 15 is 0 Å². The molecule has 1 N–H and O–H groups in total. The third kappa shape index (κ3) is 3.92. The van der Waals surface area contributed by atoms with E-state index in [1.165, 1.54) is 0 Å². The standard InChI is InChI=1S/C16H14INO/c1-12-6-2-3-7-13(12)10-11-16(19)18-15-9-5-4-8-14(15)17/h2-11H,1H3,(H,18,19)/b11-10+. The number of para-hydroxylation sites is 1. The molecule has 0 fully saturated rings. The number of carbonyl (C=O) groups excluding carboxylic acids is 1. The number of benzene rings is 2. The van der Waals surface area contributed by atoms with Gasteiger partial charge in [0.2, 0.25) is 5.91 Å². The Morgan fingerprint density at radius 2 is 1.79 bits per heavy atom. The van der Waals surface area contributed by atoms with Gasteiger partial charge in [0.15, 0.2) is 0 Å². The van der Waals surface area contributed by atoms with Crippen LogP contribution in [0.2, 0.25) is 0 Å². The van der Waals surface area contributed by atoms with Crippen LogP contribution in [0, 0.1) is 10.5 Å². The highest BCUT2D eigenvalue weighted by atomic mass is 127. The summed E-state index contributed by atoms with van der Waals surface area (Å²) >= 11 is 2.20. The van der Waals surface area contributed by atoms with Crippen LogP contribution in [-0.4, -0.2) is 5.91 Å². The maximum Gasteiger partial charge on any atom is 0.248 e. The van der Waals surface area contributed by atoms with Crippen molar-refractivity contribution in [3.63, 3.8) is 0 Å². The Labute approximate surface area is 126 Å². The van der Waals surface area contributed by atoms with Crippen molar-refractivity contribution < 1.29 is 4.79 Å².